The highest BCUT2D eigenvalue weighted by atomic mass is 35.5. The third kappa shape index (κ3) is 3.50. The molecule has 1 atom stereocenters. The minimum absolute atomic E-state index is 0.0205. The van der Waals surface area contributed by atoms with Crippen molar-refractivity contribution in [2.75, 3.05) is 4.90 Å². The van der Waals surface area contributed by atoms with Crippen molar-refractivity contribution in [2.45, 2.75) is 38.5 Å². The Morgan fingerprint density at radius 2 is 1.87 bits per heavy atom. The first-order valence-corrected chi connectivity index (χ1v) is 10.3. The number of non-ortho nitro benzene ring substituents is 1. The van der Waals surface area contributed by atoms with E-state index in [1.165, 1.54) is 17.0 Å². The van der Waals surface area contributed by atoms with Crippen LogP contribution in [0, 0.1) is 17.0 Å². The lowest BCUT2D eigenvalue weighted by atomic mass is 9.77. The number of halogens is 2. The summed E-state index contributed by atoms with van der Waals surface area (Å²) >= 11 is 12.4. The SMILES string of the molecule is Cc1ccc([N+](=O)[O-])cc1N1C(=O)CC(c2ccc(Cl)cc2Cl)C2=C1CCCC2=O. The molecule has 2 aliphatic rings. The van der Waals surface area contributed by atoms with E-state index in [9.17, 15) is 19.7 Å². The third-order valence-electron chi connectivity index (χ3n) is 5.66. The number of ketones is 1. The number of anilines is 1. The normalized spacial score (nSPS) is 19.2. The summed E-state index contributed by atoms with van der Waals surface area (Å²) in [7, 11) is 0. The zero-order valence-electron chi connectivity index (χ0n) is 16.2. The minimum Gasteiger partial charge on any atom is -0.294 e. The van der Waals surface area contributed by atoms with E-state index in [-0.39, 0.29) is 23.8 Å². The fourth-order valence-corrected chi connectivity index (χ4v) is 4.81. The maximum atomic E-state index is 13.3. The smallest absolute Gasteiger partial charge is 0.271 e. The first-order chi connectivity index (χ1) is 14.3. The number of nitro groups is 1. The average molecular weight is 445 g/mol. The number of carbonyl (C=O) groups excluding carboxylic acids is 2. The predicted molar refractivity (Wildman–Crippen MR) is 115 cm³/mol. The number of aryl methyl sites for hydroxylation is 1. The molecule has 4 rings (SSSR count). The van der Waals surface area contributed by atoms with Crippen LogP contribution in [0.5, 0.6) is 0 Å². The number of Topliss-reactive ketones (excluding diaryl/α,β-unsaturated/α-hetero) is 1. The van der Waals surface area contributed by atoms with E-state index < -0.39 is 10.8 Å². The molecule has 0 spiro atoms. The quantitative estimate of drug-likeness (QED) is 0.446. The summed E-state index contributed by atoms with van der Waals surface area (Å²) in [6, 6.07) is 9.47. The number of hydrogen-bond acceptors (Lipinski definition) is 4. The molecule has 1 aliphatic carbocycles. The largest absolute Gasteiger partial charge is 0.294 e. The maximum Gasteiger partial charge on any atom is 0.271 e. The van der Waals surface area contributed by atoms with E-state index in [0.717, 1.165) is 5.56 Å². The summed E-state index contributed by atoms with van der Waals surface area (Å²) < 4.78 is 0. The van der Waals surface area contributed by atoms with Gasteiger partial charge in [0.25, 0.3) is 5.69 Å². The Morgan fingerprint density at radius 3 is 2.57 bits per heavy atom. The van der Waals surface area contributed by atoms with Crippen LogP contribution in [0.1, 0.15) is 42.7 Å². The van der Waals surface area contributed by atoms with Gasteiger partial charge in [0.15, 0.2) is 5.78 Å². The van der Waals surface area contributed by atoms with Crippen LogP contribution in [0.15, 0.2) is 47.7 Å². The molecule has 2 aromatic carbocycles. The highest BCUT2D eigenvalue weighted by Crippen LogP contribution is 2.46. The van der Waals surface area contributed by atoms with Gasteiger partial charge in [-0.2, -0.15) is 0 Å². The van der Waals surface area contributed by atoms with Crippen LogP contribution in [0.4, 0.5) is 11.4 Å². The monoisotopic (exact) mass is 444 g/mol. The van der Waals surface area contributed by atoms with Gasteiger partial charge in [0.2, 0.25) is 5.91 Å². The zero-order valence-corrected chi connectivity index (χ0v) is 17.7. The topological polar surface area (TPSA) is 80.5 Å². The number of carbonyl (C=O) groups is 2. The van der Waals surface area contributed by atoms with Gasteiger partial charge in [-0.15, -0.1) is 0 Å². The standard InChI is InChI=1S/C22H18Cl2N2O4/c1-12-5-7-14(26(29)30)10-19(12)25-18-3-2-4-20(27)22(18)16(11-21(25)28)15-8-6-13(23)9-17(15)24/h5-10,16H,2-4,11H2,1H3. The van der Waals surface area contributed by atoms with Gasteiger partial charge in [0, 0.05) is 52.2 Å². The van der Waals surface area contributed by atoms with Crippen LogP contribution in [-0.2, 0) is 9.59 Å². The molecular weight excluding hydrogens is 427 g/mol. The van der Waals surface area contributed by atoms with E-state index >= 15 is 0 Å². The molecule has 154 valence electrons. The van der Waals surface area contributed by atoms with Crippen LogP contribution in [-0.4, -0.2) is 16.6 Å². The number of hydrogen-bond donors (Lipinski definition) is 0. The number of nitro benzene ring substituents is 1. The molecule has 2 aromatic rings. The Balaban J connectivity index is 1.90. The van der Waals surface area contributed by atoms with Gasteiger partial charge >= 0.3 is 0 Å². The summed E-state index contributed by atoms with van der Waals surface area (Å²) in [5.74, 6) is -0.698. The van der Waals surface area contributed by atoms with Crippen molar-refractivity contribution in [3.05, 3.63) is 79.0 Å². The molecule has 30 heavy (non-hydrogen) atoms. The van der Waals surface area contributed by atoms with Gasteiger partial charge in [-0.25, -0.2) is 0 Å². The molecular formula is C22H18Cl2N2O4. The fourth-order valence-electron chi connectivity index (χ4n) is 4.27. The van der Waals surface area contributed by atoms with Crippen molar-refractivity contribution in [3.63, 3.8) is 0 Å². The molecule has 0 fully saturated rings. The zero-order chi connectivity index (χ0) is 21.6. The minimum atomic E-state index is -0.491. The lowest BCUT2D eigenvalue weighted by Crippen LogP contribution is -2.41. The van der Waals surface area contributed by atoms with Crippen LogP contribution in [0.2, 0.25) is 10.0 Å². The lowest BCUT2D eigenvalue weighted by molar-refractivity contribution is -0.384. The average Bonchev–Trinajstić information content (AvgIpc) is 2.68. The van der Waals surface area contributed by atoms with Crippen molar-refractivity contribution >= 4 is 46.3 Å². The number of nitrogens with zero attached hydrogens (tertiary/aromatic N) is 2. The molecule has 1 heterocycles. The van der Waals surface area contributed by atoms with Crippen LogP contribution >= 0.6 is 23.2 Å². The maximum absolute atomic E-state index is 13.3. The van der Waals surface area contributed by atoms with E-state index in [1.807, 2.05) is 0 Å². The molecule has 0 aromatic heterocycles. The molecule has 8 heteroatoms. The van der Waals surface area contributed by atoms with Crippen molar-refractivity contribution in [2.24, 2.45) is 0 Å². The fraction of sp³-hybridized carbons (Fsp3) is 0.273. The Labute approximate surface area is 183 Å². The molecule has 0 radical (unpaired) electrons. The van der Waals surface area contributed by atoms with Crippen LogP contribution in [0.3, 0.4) is 0 Å². The Morgan fingerprint density at radius 1 is 1.10 bits per heavy atom. The Hall–Kier alpha value is -2.70. The van der Waals surface area contributed by atoms with Crippen molar-refractivity contribution in [3.8, 4) is 0 Å². The highest BCUT2D eigenvalue weighted by molar-refractivity contribution is 6.35. The van der Waals surface area contributed by atoms with Crippen molar-refractivity contribution < 1.29 is 14.5 Å². The van der Waals surface area contributed by atoms with Gasteiger partial charge in [-0.1, -0.05) is 35.3 Å². The molecule has 1 aliphatic heterocycles. The van der Waals surface area contributed by atoms with Crippen LogP contribution in [0.25, 0.3) is 0 Å². The van der Waals surface area contributed by atoms with E-state index in [0.29, 0.717) is 51.8 Å². The second kappa shape index (κ2) is 7.85. The summed E-state index contributed by atoms with van der Waals surface area (Å²) in [5, 5.41) is 12.2. The molecule has 0 saturated carbocycles. The summed E-state index contributed by atoms with van der Waals surface area (Å²) in [5.41, 5.74) is 2.93. The molecule has 0 saturated heterocycles. The van der Waals surface area contributed by atoms with Crippen molar-refractivity contribution in [1.82, 2.24) is 0 Å². The molecule has 1 amide bonds. The summed E-state index contributed by atoms with van der Waals surface area (Å²) in [4.78, 5) is 38.5. The number of allylic oxidation sites excluding steroid dienone is 2. The van der Waals surface area contributed by atoms with Gasteiger partial charge in [-0.05, 0) is 43.0 Å². The van der Waals surface area contributed by atoms with Gasteiger partial charge in [-0.3, -0.25) is 24.6 Å². The van der Waals surface area contributed by atoms with Gasteiger partial charge in [0.1, 0.15) is 0 Å². The summed E-state index contributed by atoms with van der Waals surface area (Å²) in [6.07, 6.45) is 1.61. The summed E-state index contributed by atoms with van der Waals surface area (Å²) in [6.45, 7) is 1.79. The lowest BCUT2D eigenvalue weighted by Gasteiger charge is -2.39. The Kier molecular flexibility index (Phi) is 5.38. The molecule has 1 unspecified atom stereocenters. The predicted octanol–water partition coefficient (Wildman–Crippen LogP) is 5.74. The number of rotatable bonds is 3. The first kappa shape index (κ1) is 20.6. The second-order valence-electron chi connectivity index (χ2n) is 7.52. The van der Waals surface area contributed by atoms with Crippen molar-refractivity contribution in [1.29, 1.82) is 0 Å². The first-order valence-electron chi connectivity index (χ1n) is 9.57. The highest BCUT2D eigenvalue weighted by Gasteiger charge is 2.41. The second-order valence-corrected chi connectivity index (χ2v) is 8.36. The number of benzene rings is 2. The van der Waals surface area contributed by atoms with E-state index in [1.54, 1.807) is 31.2 Å². The van der Waals surface area contributed by atoms with E-state index in [2.05, 4.69) is 0 Å². The number of amides is 1. The Bertz CT molecular complexity index is 1130. The van der Waals surface area contributed by atoms with Crippen LogP contribution < -0.4 is 4.90 Å². The molecule has 0 N–H and O–H groups in total. The van der Waals surface area contributed by atoms with Gasteiger partial charge in [0.05, 0.1) is 10.6 Å². The molecule has 6 nitrogen and oxygen atoms in total. The molecule has 0 bridgehead atoms. The van der Waals surface area contributed by atoms with Gasteiger partial charge < -0.3 is 0 Å². The van der Waals surface area contributed by atoms with E-state index in [4.69, 9.17) is 23.2 Å². The third-order valence-corrected chi connectivity index (χ3v) is 6.22.